The Morgan fingerprint density at radius 1 is 0.339 bits per heavy atom. The van der Waals surface area contributed by atoms with Crippen LogP contribution in [0.2, 0.25) is 0 Å². The first kappa shape index (κ1) is 32.2. The van der Waals surface area contributed by atoms with Crippen LogP contribution in [0.15, 0.2) is 192 Å². The van der Waals surface area contributed by atoms with E-state index < -0.39 is 0 Å². The molecule has 0 spiro atoms. The molecule has 11 aromatic rings. The van der Waals surface area contributed by atoms with E-state index >= 15 is 0 Å². The minimum atomic E-state index is 0.568. The van der Waals surface area contributed by atoms with Crippen LogP contribution >= 0.6 is 11.3 Å². The molecule has 0 saturated heterocycles. The number of para-hydroxylation sites is 1. The Bertz CT molecular complexity index is 3240. The zero-order valence-corrected chi connectivity index (χ0v) is 30.9. The van der Waals surface area contributed by atoms with Crippen LogP contribution in [0.5, 0.6) is 0 Å². The molecular weight excluding hydrogens is 703 g/mol. The average Bonchev–Trinajstić information content (AvgIpc) is 3.85. The molecule has 262 valence electrons. The summed E-state index contributed by atoms with van der Waals surface area (Å²) < 4.78 is 9.05. The Morgan fingerprint density at radius 3 is 1.59 bits per heavy atom. The summed E-state index contributed by atoms with van der Waals surface area (Å²) in [7, 11) is 0. The summed E-state index contributed by atoms with van der Waals surface area (Å²) in [5, 5.41) is 4.48. The number of thiophene rings is 1. The van der Waals surface area contributed by atoms with Crippen molar-refractivity contribution in [3.8, 4) is 67.5 Å². The molecule has 0 saturated carbocycles. The van der Waals surface area contributed by atoms with Gasteiger partial charge in [0.1, 0.15) is 11.2 Å². The molecule has 11 rings (SSSR count). The van der Waals surface area contributed by atoms with E-state index in [9.17, 15) is 0 Å². The van der Waals surface area contributed by atoms with Crippen LogP contribution in [0.3, 0.4) is 0 Å². The number of hydrogen-bond acceptors (Lipinski definition) is 5. The van der Waals surface area contributed by atoms with Crippen LogP contribution in [-0.4, -0.2) is 15.0 Å². The number of nitrogens with zero attached hydrogens (tertiary/aromatic N) is 3. The lowest BCUT2D eigenvalue weighted by molar-refractivity contribution is 0.669. The third-order valence-electron chi connectivity index (χ3n) is 10.6. The Hall–Kier alpha value is -7.21. The molecule has 8 aromatic carbocycles. The van der Waals surface area contributed by atoms with Crippen molar-refractivity contribution in [2.24, 2.45) is 0 Å². The Labute approximate surface area is 327 Å². The van der Waals surface area contributed by atoms with Gasteiger partial charge in [0.2, 0.25) is 0 Å². The van der Waals surface area contributed by atoms with Crippen LogP contribution in [0, 0.1) is 0 Å². The molecule has 3 heterocycles. The van der Waals surface area contributed by atoms with Gasteiger partial charge in [-0.05, 0) is 75.8 Å². The highest BCUT2D eigenvalue weighted by molar-refractivity contribution is 7.26. The molecule has 0 aliphatic rings. The smallest absolute Gasteiger partial charge is 0.167 e. The number of benzene rings is 8. The van der Waals surface area contributed by atoms with Gasteiger partial charge in [0.05, 0.1) is 5.56 Å². The van der Waals surface area contributed by atoms with E-state index in [1.807, 2.05) is 42.5 Å². The second-order valence-electron chi connectivity index (χ2n) is 14.0. The highest BCUT2D eigenvalue weighted by Gasteiger charge is 2.20. The van der Waals surface area contributed by atoms with Crippen molar-refractivity contribution in [3.05, 3.63) is 188 Å². The van der Waals surface area contributed by atoms with E-state index in [2.05, 4.69) is 146 Å². The molecular formula is C51H31N3OS. The van der Waals surface area contributed by atoms with E-state index in [0.717, 1.165) is 54.5 Å². The van der Waals surface area contributed by atoms with Gasteiger partial charge in [0, 0.05) is 42.1 Å². The number of hydrogen-bond donors (Lipinski definition) is 0. The first-order valence-corrected chi connectivity index (χ1v) is 19.5. The molecule has 0 aliphatic carbocycles. The fourth-order valence-corrected chi connectivity index (χ4v) is 8.97. The summed E-state index contributed by atoms with van der Waals surface area (Å²) in [4.78, 5) is 15.5. The Kier molecular flexibility index (Phi) is 7.64. The summed E-state index contributed by atoms with van der Waals surface area (Å²) in [5.74, 6) is 1.81. The molecule has 0 bridgehead atoms. The lowest BCUT2D eigenvalue weighted by atomic mass is 9.98. The van der Waals surface area contributed by atoms with Crippen LogP contribution in [0.25, 0.3) is 110 Å². The molecule has 5 heteroatoms. The highest BCUT2D eigenvalue weighted by atomic mass is 32.1. The minimum absolute atomic E-state index is 0.568. The Morgan fingerprint density at radius 2 is 0.857 bits per heavy atom. The lowest BCUT2D eigenvalue weighted by Crippen LogP contribution is -2.00. The van der Waals surface area contributed by atoms with Crippen molar-refractivity contribution in [1.82, 2.24) is 15.0 Å². The van der Waals surface area contributed by atoms with Crippen LogP contribution in [-0.2, 0) is 0 Å². The molecule has 0 radical (unpaired) electrons. The number of aromatic nitrogens is 3. The van der Waals surface area contributed by atoms with Crippen molar-refractivity contribution >= 4 is 53.4 Å². The van der Waals surface area contributed by atoms with Gasteiger partial charge in [-0.25, -0.2) is 15.0 Å². The topological polar surface area (TPSA) is 51.8 Å². The summed E-state index contributed by atoms with van der Waals surface area (Å²) in [5.41, 5.74) is 11.4. The van der Waals surface area contributed by atoms with Gasteiger partial charge in [0.15, 0.2) is 17.5 Å². The summed E-state index contributed by atoms with van der Waals surface area (Å²) >= 11 is 1.78. The maximum atomic E-state index is 6.67. The second-order valence-corrected chi connectivity index (χ2v) is 15.0. The molecule has 0 atom stereocenters. The molecule has 56 heavy (non-hydrogen) atoms. The zero-order chi connectivity index (χ0) is 37.0. The largest absolute Gasteiger partial charge is 0.455 e. The molecule has 0 unspecified atom stereocenters. The first-order chi connectivity index (χ1) is 27.7. The van der Waals surface area contributed by atoms with Crippen molar-refractivity contribution in [1.29, 1.82) is 0 Å². The molecule has 0 fully saturated rings. The molecule has 0 N–H and O–H groups in total. The van der Waals surface area contributed by atoms with Gasteiger partial charge in [0.25, 0.3) is 0 Å². The number of rotatable bonds is 6. The van der Waals surface area contributed by atoms with E-state index in [-0.39, 0.29) is 0 Å². The van der Waals surface area contributed by atoms with Crippen LogP contribution in [0.4, 0.5) is 0 Å². The van der Waals surface area contributed by atoms with E-state index in [1.165, 1.54) is 37.7 Å². The summed E-state index contributed by atoms with van der Waals surface area (Å²) in [6.45, 7) is 0. The summed E-state index contributed by atoms with van der Waals surface area (Å²) in [6, 6.07) is 65.7. The van der Waals surface area contributed by atoms with Crippen LogP contribution in [0.1, 0.15) is 0 Å². The van der Waals surface area contributed by atoms with Crippen LogP contribution < -0.4 is 0 Å². The quantitative estimate of drug-likeness (QED) is 0.171. The second kappa shape index (κ2) is 13.3. The SMILES string of the molecule is c1ccc(-c2cccc(-c3ccc4oc5c(-c6nc(-c7ccccc7)nc(-c7cccc8c7sc7ccc(-c9ccccc9)cc78)n6)cccc5c4c3)c2)cc1. The van der Waals surface area contributed by atoms with Crippen molar-refractivity contribution in [3.63, 3.8) is 0 Å². The third-order valence-corrected chi connectivity index (χ3v) is 11.8. The molecule has 3 aromatic heterocycles. The van der Waals surface area contributed by atoms with Crippen molar-refractivity contribution in [2.45, 2.75) is 0 Å². The third kappa shape index (κ3) is 5.56. The minimum Gasteiger partial charge on any atom is -0.455 e. The van der Waals surface area contributed by atoms with Crippen molar-refractivity contribution < 1.29 is 4.42 Å². The van der Waals surface area contributed by atoms with E-state index in [1.54, 1.807) is 11.3 Å². The normalized spacial score (nSPS) is 11.6. The predicted octanol–water partition coefficient (Wildman–Crippen LogP) is 14.1. The van der Waals surface area contributed by atoms with Gasteiger partial charge in [-0.15, -0.1) is 11.3 Å². The van der Waals surface area contributed by atoms with Gasteiger partial charge in [-0.2, -0.15) is 0 Å². The molecule has 0 amide bonds. The Balaban J connectivity index is 1.06. The highest BCUT2D eigenvalue weighted by Crippen LogP contribution is 2.42. The maximum Gasteiger partial charge on any atom is 0.167 e. The molecule has 0 aliphatic heterocycles. The number of fused-ring (bicyclic) bond motifs is 6. The lowest BCUT2D eigenvalue weighted by Gasteiger charge is -2.09. The first-order valence-electron chi connectivity index (χ1n) is 18.7. The average molecular weight is 734 g/mol. The van der Waals surface area contributed by atoms with Gasteiger partial charge < -0.3 is 4.42 Å². The fourth-order valence-electron chi connectivity index (χ4n) is 7.78. The molecule has 4 nitrogen and oxygen atoms in total. The fraction of sp³-hybridized carbons (Fsp3) is 0. The maximum absolute atomic E-state index is 6.67. The van der Waals surface area contributed by atoms with Gasteiger partial charge >= 0.3 is 0 Å². The number of furan rings is 1. The van der Waals surface area contributed by atoms with E-state index in [4.69, 9.17) is 19.4 Å². The summed E-state index contributed by atoms with van der Waals surface area (Å²) in [6.07, 6.45) is 0. The van der Waals surface area contributed by atoms with E-state index in [0.29, 0.717) is 17.5 Å². The standard InChI is InChI=1S/C51H31N3OS/c1-4-13-32(14-5-1)35-19-10-20-36(29-35)38-25-27-45-43(30-38)39-21-11-23-41(47(39)55-45)50-52-49(34-17-8-3-9-18-34)53-51(54-50)42-24-12-22-40-44-31-37(33-15-6-2-7-16-33)26-28-46(44)56-48(40)42/h1-31H. The van der Waals surface area contributed by atoms with Gasteiger partial charge in [-0.3, -0.25) is 0 Å². The monoisotopic (exact) mass is 733 g/mol. The van der Waals surface area contributed by atoms with Gasteiger partial charge in [-0.1, -0.05) is 146 Å². The van der Waals surface area contributed by atoms with Crippen molar-refractivity contribution in [2.75, 3.05) is 0 Å². The predicted molar refractivity (Wildman–Crippen MR) is 233 cm³/mol. The zero-order valence-electron chi connectivity index (χ0n) is 30.1.